The largest absolute Gasteiger partial charge is 0.497 e. The Hall–Kier alpha value is -2.47. The SMILES string of the molecule is COc1ccc(Cn2c(-c3cccnc3)n[nH]c2=S)cc1. The Morgan fingerprint density at radius 1 is 1.24 bits per heavy atom. The molecular weight excluding hydrogens is 284 g/mol. The van der Waals surface area contributed by atoms with Crippen LogP contribution in [0.3, 0.4) is 0 Å². The van der Waals surface area contributed by atoms with Crippen molar-refractivity contribution in [3.63, 3.8) is 0 Å². The van der Waals surface area contributed by atoms with Gasteiger partial charge in [0.2, 0.25) is 0 Å². The first-order chi connectivity index (χ1) is 10.3. The topological polar surface area (TPSA) is 55.7 Å². The summed E-state index contributed by atoms with van der Waals surface area (Å²) in [5.74, 6) is 1.62. The van der Waals surface area contributed by atoms with Crippen LogP contribution in [0, 0.1) is 4.77 Å². The van der Waals surface area contributed by atoms with Crippen LogP contribution >= 0.6 is 12.2 Å². The quantitative estimate of drug-likeness (QED) is 0.752. The summed E-state index contributed by atoms with van der Waals surface area (Å²) in [5.41, 5.74) is 2.05. The van der Waals surface area contributed by atoms with Crippen molar-refractivity contribution in [3.8, 4) is 17.1 Å². The Morgan fingerprint density at radius 2 is 2.05 bits per heavy atom. The van der Waals surface area contributed by atoms with Crippen molar-refractivity contribution in [2.75, 3.05) is 7.11 Å². The lowest BCUT2D eigenvalue weighted by Crippen LogP contribution is -2.02. The van der Waals surface area contributed by atoms with Crippen molar-refractivity contribution in [1.82, 2.24) is 19.7 Å². The molecule has 0 spiro atoms. The van der Waals surface area contributed by atoms with Gasteiger partial charge in [0.15, 0.2) is 10.6 Å². The molecule has 2 heterocycles. The first-order valence-corrected chi connectivity index (χ1v) is 6.87. The number of benzene rings is 1. The normalized spacial score (nSPS) is 10.5. The average molecular weight is 298 g/mol. The summed E-state index contributed by atoms with van der Waals surface area (Å²) in [4.78, 5) is 4.12. The van der Waals surface area contributed by atoms with E-state index < -0.39 is 0 Å². The molecule has 0 saturated carbocycles. The van der Waals surface area contributed by atoms with E-state index in [2.05, 4.69) is 15.2 Å². The van der Waals surface area contributed by atoms with E-state index in [-0.39, 0.29) is 0 Å². The predicted octanol–water partition coefficient (Wildman–Crippen LogP) is 3.06. The van der Waals surface area contributed by atoms with Crippen LogP contribution in [0.25, 0.3) is 11.4 Å². The van der Waals surface area contributed by atoms with E-state index in [4.69, 9.17) is 17.0 Å². The second-order valence-corrected chi connectivity index (χ2v) is 4.91. The molecule has 0 amide bonds. The van der Waals surface area contributed by atoms with Crippen molar-refractivity contribution in [3.05, 3.63) is 59.1 Å². The first kappa shape index (κ1) is 13.5. The molecule has 0 aliphatic rings. The number of nitrogens with one attached hydrogen (secondary N) is 1. The molecule has 1 aromatic carbocycles. The Bertz CT molecular complexity index is 777. The highest BCUT2D eigenvalue weighted by molar-refractivity contribution is 7.71. The molecule has 0 atom stereocenters. The van der Waals surface area contributed by atoms with E-state index >= 15 is 0 Å². The van der Waals surface area contributed by atoms with Gasteiger partial charge < -0.3 is 4.74 Å². The van der Waals surface area contributed by atoms with Crippen LogP contribution in [0.5, 0.6) is 5.75 Å². The fourth-order valence-corrected chi connectivity index (χ4v) is 2.29. The van der Waals surface area contributed by atoms with Gasteiger partial charge in [-0.05, 0) is 42.0 Å². The first-order valence-electron chi connectivity index (χ1n) is 6.46. The lowest BCUT2D eigenvalue weighted by atomic mass is 10.2. The molecular formula is C15H14N4OS. The molecule has 0 saturated heterocycles. The minimum atomic E-state index is 0.588. The van der Waals surface area contributed by atoms with Crippen LogP contribution in [0.4, 0.5) is 0 Å². The molecule has 3 rings (SSSR count). The maximum absolute atomic E-state index is 5.32. The lowest BCUT2D eigenvalue weighted by Gasteiger charge is -2.07. The standard InChI is InChI=1S/C15H14N4OS/c1-20-13-6-4-11(5-7-13)10-19-14(17-18-15(19)21)12-3-2-8-16-9-12/h2-9H,10H2,1H3,(H,18,21). The molecule has 2 aromatic heterocycles. The van der Waals surface area contributed by atoms with Crippen LogP contribution in [-0.4, -0.2) is 26.9 Å². The van der Waals surface area contributed by atoms with Gasteiger partial charge in [0.1, 0.15) is 5.75 Å². The molecule has 21 heavy (non-hydrogen) atoms. The molecule has 0 unspecified atom stereocenters. The second kappa shape index (κ2) is 5.88. The number of hydrogen-bond acceptors (Lipinski definition) is 4. The van der Waals surface area contributed by atoms with E-state index in [1.54, 1.807) is 19.5 Å². The van der Waals surface area contributed by atoms with Crippen LogP contribution in [0.1, 0.15) is 5.56 Å². The minimum Gasteiger partial charge on any atom is -0.497 e. The summed E-state index contributed by atoms with van der Waals surface area (Å²) in [6.45, 7) is 0.642. The average Bonchev–Trinajstić information content (AvgIpc) is 2.90. The van der Waals surface area contributed by atoms with Gasteiger partial charge in [-0.3, -0.25) is 14.6 Å². The number of rotatable bonds is 4. The van der Waals surface area contributed by atoms with Crippen LogP contribution in [0.2, 0.25) is 0 Å². The van der Waals surface area contributed by atoms with Gasteiger partial charge in [0.25, 0.3) is 0 Å². The minimum absolute atomic E-state index is 0.588. The monoisotopic (exact) mass is 298 g/mol. The fraction of sp³-hybridized carbons (Fsp3) is 0.133. The molecule has 0 radical (unpaired) electrons. The zero-order valence-electron chi connectivity index (χ0n) is 11.5. The van der Waals surface area contributed by atoms with Gasteiger partial charge in [-0.2, -0.15) is 5.10 Å². The number of hydrogen-bond donors (Lipinski definition) is 1. The number of aromatic amines is 1. The summed E-state index contributed by atoms with van der Waals surface area (Å²) < 4.78 is 7.71. The summed E-state index contributed by atoms with van der Waals surface area (Å²) in [5, 5.41) is 7.14. The number of nitrogens with zero attached hydrogens (tertiary/aromatic N) is 3. The molecule has 106 valence electrons. The van der Waals surface area contributed by atoms with Gasteiger partial charge in [0, 0.05) is 18.0 Å². The summed E-state index contributed by atoms with van der Waals surface area (Å²) >= 11 is 5.32. The van der Waals surface area contributed by atoms with Crippen LogP contribution in [0.15, 0.2) is 48.8 Å². The third-order valence-electron chi connectivity index (χ3n) is 3.18. The maximum Gasteiger partial charge on any atom is 0.195 e. The highest BCUT2D eigenvalue weighted by atomic mass is 32.1. The van der Waals surface area contributed by atoms with Crippen molar-refractivity contribution in [1.29, 1.82) is 0 Å². The molecule has 6 heteroatoms. The van der Waals surface area contributed by atoms with Crippen LogP contribution < -0.4 is 4.74 Å². The highest BCUT2D eigenvalue weighted by Crippen LogP contribution is 2.18. The summed E-state index contributed by atoms with van der Waals surface area (Å²) in [6.07, 6.45) is 3.51. The Balaban J connectivity index is 1.95. The number of H-pyrrole nitrogens is 1. The number of methoxy groups -OCH3 is 1. The Labute approximate surface area is 127 Å². The Morgan fingerprint density at radius 3 is 2.71 bits per heavy atom. The summed E-state index contributed by atoms with van der Waals surface area (Å²) in [7, 11) is 1.65. The molecule has 0 bridgehead atoms. The zero-order valence-corrected chi connectivity index (χ0v) is 12.3. The number of aromatic nitrogens is 4. The van der Waals surface area contributed by atoms with Crippen molar-refractivity contribution < 1.29 is 4.74 Å². The van der Waals surface area contributed by atoms with E-state index in [9.17, 15) is 0 Å². The maximum atomic E-state index is 5.32. The number of ether oxygens (including phenoxy) is 1. The lowest BCUT2D eigenvalue weighted by molar-refractivity contribution is 0.414. The molecule has 0 aliphatic carbocycles. The third-order valence-corrected chi connectivity index (χ3v) is 3.49. The smallest absolute Gasteiger partial charge is 0.195 e. The van der Waals surface area contributed by atoms with Crippen molar-refractivity contribution >= 4 is 12.2 Å². The molecule has 1 N–H and O–H groups in total. The van der Waals surface area contributed by atoms with E-state index in [0.29, 0.717) is 11.3 Å². The molecule has 0 fully saturated rings. The number of pyridine rings is 1. The van der Waals surface area contributed by atoms with Gasteiger partial charge in [-0.25, -0.2) is 0 Å². The van der Waals surface area contributed by atoms with E-state index in [1.807, 2.05) is 41.0 Å². The third kappa shape index (κ3) is 2.85. The molecule has 3 aromatic rings. The molecule has 5 nitrogen and oxygen atoms in total. The zero-order chi connectivity index (χ0) is 14.7. The predicted molar refractivity (Wildman–Crippen MR) is 82.7 cm³/mol. The van der Waals surface area contributed by atoms with Gasteiger partial charge in [-0.1, -0.05) is 12.1 Å². The van der Waals surface area contributed by atoms with Gasteiger partial charge in [-0.15, -0.1) is 0 Å². The van der Waals surface area contributed by atoms with E-state index in [1.165, 1.54) is 0 Å². The highest BCUT2D eigenvalue weighted by Gasteiger charge is 2.09. The van der Waals surface area contributed by atoms with Gasteiger partial charge >= 0.3 is 0 Å². The van der Waals surface area contributed by atoms with Crippen LogP contribution in [-0.2, 0) is 6.54 Å². The van der Waals surface area contributed by atoms with Gasteiger partial charge in [0.05, 0.1) is 13.7 Å². The Kier molecular flexibility index (Phi) is 3.79. The van der Waals surface area contributed by atoms with E-state index in [0.717, 1.165) is 22.7 Å². The summed E-state index contributed by atoms with van der Waals surface area (Å²) in [6, 6.07) is 11.7. The van der Waals surface area contributed by atoms with Crippen molar-refractivity contribution in [2.45, 2.75) is 6.54 Å². The second-order valence-electron chi connectivity index (χ2n) is 4.53. The fourth-order valence-electron chi connectivity index (χ4n) is 2.09. The molecule has 0 aliphatic heterocycles. The van der Waals surface area contributed by atoms with Crippen molar-refractivity contribution in [2.24, 2.45) is 0 Å².